The van der Waals surface area contributed by atoms with Gasteiger partial charge in [0.15, 0.2) is 0 Å². The number of nitrogens with zero attached hydrogens (tertiary/aromatic N) is 4. The van der Waals surface area contributed by atoms with E-state index in [1.807, 2.05) is 20.8 Å². The van der Waals surface area contributed by atoms with Crippen molar-refractivity contribution in [2.75, 3.05) is 17.2 Å². The minimum absolute atomic E-state index is 0.189. The molecule has 0 spiro atoms. The summed E-state index contributed by atoms with van der Waals surface area (Å²) in [4.78, 5) is 12.5. The van der Waals surface area contributed by atoms with Crippen molar-refractivity contribution in [3.63, 3.8) is 0 Å². The van der Waals surface area contributed by atoms with Crippen LogP contribution in [0.1, 0.15) is 34.6 Å². The smallest absolute Gasteiger partial charge is 0.323 e. The van der Waals surface area contributed by atoms with Crippen LogP contribution in [0, 0.1) is 11.3 Å². The number of aromatic nitrogens is 3. The lowest BCUT2D eigenvalue weighted by Crippen LogP contribution is -2.30. The number of anilines is 2. The maximum absolute atomic E-state index is 9.01. The van der Waals surface area contributed by atoms with Crippen LogP contribution in [-0.2, 0) is 0 Å². The Hall–Kier alpha value is -2.10. The summed E-state index contributed by atoms with van der Waals surface area (Å²) in [6.45, 7) is 9.77. The summed E-state index contributed by atoms with van der Waals surface area (Å²) in [6, 6.07) is 2.55. The van der Waals surface area contributed by atoms with Crippen molar-refractivity contribution in [1.82, 2.24) is 15.0 Å². The maximum Gasteiger partial charge on any atom is 0.323 e. The molecule has 1 heterocycles. The fourth-order valence-electron chi connectivity index (χ4n) is 1.24. The molecule has 1 rings (SSSR count). The molecule has 1 aromatic heterocycles. The number of nitrogens with one attached hydrogen (secondary N) is 2. The van der Waals surface area contributed by atoms with Gasteiger partial charge in [-0.05, 0) is 34.6 Å². The molecule has 0 unspecified atom stereocenters. The number of ether oxygens (including phenoxy) is 1. The normalized spacial score (nSPS) is 11.0. The third-order valence-corrected chi connectivity index (χ3v) is 2.01. The summed E-state index contributed by atoms with van der Waals surface area (Å²) in [6.07, 6.45) is 0. The second kappa shape index (κ2) is 6.18. The van der Waals surface area contributed by atoms with Gasteiger partial charge in [0.25, 0.3) is 0 Å². The molecule has 0 amide bonds. The average molecular weight is 264 g/mol. The zero-order chi connectivity index (χ0) is 14.5. The Morgan fingerprint density at radius 3 is 2.42 bits per heavy atom. The quantitative estimate of drug-likeness (QED) is 0.808. The molecular weight excluding hydrogens is 244 g/mol. The van der Waals surface area contributed by atoms with Crippen molar-refractivity contribution < 1.29 is 4.74 Å². The van der Waals surface area contributed by atoms with E-state index < -0.39 is 5.54 Å². The van der Waals surface area contributed by atoms with E-state index in [1.165, 1.54) is 0 Å². The minimum Gasteiger partial charge on any atom is -0.464 e. The molecule has 2 N–H and O–H groups in total. The second-order valence-electron chi connectivity index (χ2n) is 4.86. The largest absolute Gasteiger partial charge is 0.464 e. The number of hydrogen-bond acceptors (Lipinski definition) is 7. The SMILES string of the molecule is CCOc1nc(NC(C)C)nc(NC(C)(C)C#N)n1. The molecule has 0 fully saturated rings. The van der Waals surface area contributed by atoms with Crippen molar-refractivity contribution in [2.24, 2.45) is 0 Å². The Labute approximate surface area is 113 Å². The zero-order valence-corrected chi connectivity index (χ0v) is 12.0. The summed E-state index contributed by atoms with van der Waals surface area (Å²) < 4.78 is 5.29. The summed E-state index contributed by atoms with van der Waals surface area (Å²) in [5, 5.41) is 15.0. The molecule has 104 valence electrons. The Morgan fingerprint density at radius 1 is 1.26 bits per heavy atom. The van der Waals surface area contributed by atoms with Crippen molar-refractivity contribution in [3.05, 3.63) is 0 Å². The summed E-state index contributed by atoms with van der Waals surface area (Å²) in [5.41, 5.74) is -0.764. The van der Waals surface area contributed by atoms with Gasteiger partial charge >= 0.3 is 6.01 Å². The highest BCUT2D eigenvalue weighted by molar-refractivity contribution is 5.39. The molecule has 7 heteroatoms. The van der Waals surface area contributed by atoms with E-state index in [2.05, 4.69) is 31.7 Å². The van der Waals surface area contributed by atoms with Gasteiger partial charge in [-0.15, -0.1) is 0 Å². The third-order valence-electron chi connectivity index (χ3n) is 2.01. The van der Waals surface area contributed by atoms with Crippen molar-refractivity contribution >= 4 is 11.9 Å². The standard InChI is InChI=1S/C12H20N6O/c1-6-19-11-16-9(14-8(2)3)15-10(17-11)18-12(4,5)7-13/h8H,6H2,1-5H3,(H2,14,15,16,17,18). The Balaban J connectivity index is 3.02. The van der Waals surface area contributed by atoms with Crippen LogP contribution in [0.2, 0.25) is 0 Å². The summed E-state index contributed by atoms with van der Waals surface area (Å²) >= 11 is 0. The van der Waals surface area contributed by atoms with Gasteiger partial charge in [-0.2, -0.15) is 20.2 Å². The van der Waals surface area contributed by atoms with Gasteiger partial charge < -0.3 is 15.4 Å². The predicted octanol–water partition coefficient (Wildman–Crippen LogP) is 1.80. The Kier molecular flexibility index (Phi) is 4.87. The van der Waals surface area contributed by atoms with Crippen LogP contribution in [0.5, 0.6) is 6.01 Å². The van der Waals surface area contributed by atoms with E-state index in [-0.39, 0.29) is 12.1 Å². The molecule has 0 aliphatic carbocycles. The third kappa shape index (κ3) is 4.95. The van der Waals surface area contributed by atoms with Gasteiger partial charge in [-0.25, -0.2) is 0 Å². The lowest BCUT2D eigenvalue weighted by molar-refractivity contribution is 0.312. The van der Waals surface area contributed by atoms with Gasteiger partial charge in [0.2, 0.25) is 11.9 Å². The zero-order valence-electron chi connectivity index (χ0n) is 12.0. The number of rotatable bonds is 6. The van der Waals surface area contributed by atoms with Crippen molar-refractivity contribution in [1.29, 1.82) is 5.26 Å². The van der Waals surface area contributed by atoms with Gasteiger partial charge in [0.05, 0.1) is 12.7 Å². The fraction of sp³-hybridized carbons (Fsp3) is 0.667. The first kappa shape index (κ1) is 15.0. The van der Waals surface area contributed by atoms with Gasteiger partial charge in [0.1, 0.15) is 5.54 Å². The van der Waals surface area contributed by atoms with Gasteiger partial charge in [-0.1, -0.05) is 0 Å². The molecule has 0 aliphatic rings. The molecule has 0 saturated carbocycles. The highest BCUT2D eigenvalue weighted by Crippen LogP contribution is 2.15. The maximum atomic E-state index is 9.01. The summed E-state index contributed by atoms with van der Waals surface area (Å²) in [7, 11) is 0. The van der Waals surface area contributed by atoms with E-state index in [0.717, 1.165) is 0 Å². The van der Waals surface area contributed by atoms with E-state index in [9.17, 15) is 0 Å². The first-order valence-electron chi connectivity index (χ1n) is 6.21. The second-order valence-corrected chi connectivity index (χ2v) is 4.86. The molecule has 0 atom stereocenters. The first-order chi connectivity index (χ1) is 8.86. The van der Waals surface area contributed by atoms with E-state index >= 15 is 0 Å². The number of nitriles is 1. The lowest BCUT2D eigenvalue weighted by atomic mass is 10.1. The molecule has 1 aromatic rings. The van der Waals surface area contributed by atoms with E-state index in [0.29, 0.717) is 18.5 Å². The predicted molar refractivity (Wildman–Crippen MR) is 73.1 cm³/mol. The van der Waals surface area contributed by atoms with Crippen LogP contribution in [-0.4, -0.2) is 33.1 Å². The molecule has 0 aromatic carbocycles. The highest BCUT2D eigenvalue weighted by atomic mass is 16.5. The van der Waals surface area contributed by atoms with Gasteiger partial charge in [-0.3, -0.25) is 0 Å². The van der Waals surface area contributed by atoms with Crippen LogP contribution >= 0.6 is 0 Å². The monoisotopic (exact) mass is 264 g/mol. The van der Waals surface area contributed by atoms with E-state index in [1.54, 1.807) is 13.8 Å². The van der Waals surface area contributed by atoms with Crippen LogP contribution in [0.25, 0.3) is 0 Å². The molecule has 0 saturated heterocycles. The van der Waals surface area contributed by atoms with E-state index in [4.69, 9.17) is 10.00 Å². The average Bonchev–Trinajstić information content (AvgIpc) is 2.27. The lowest BCUT2D eigenvalue weighted by Gasteiger charge is -2.18. The van der Waals surface area contributed by atoms with Crippen LogP contribution < -0.4 is 15.4 Å². The Morgan fingerprint density at radius 2 is 1.89 bits per heavy atom. The minimum atomic E-state index is -0.764. The first-order valence-corrected chi connectivity index (χ1v) is 6.21. The molecule has 0 radical (unpaired) electrons. The van der Waals surface area contributed by atoms with Crippen LogP contribution in [0.4, 0.5) is 11.9 Å². The van der Waals surface area contributed by atoms with Crippen molar-refractivity contribution in [3.8, 4) is 12.1 Å². The van der Waals surface area contributed by atoms with Crippen molar-refractivity contribution in [2.45, 2.75) is 46.2 Å². The Bertz CT molecular complexity index is 466. The number of hydrogen-bond donors (Lipinski definition) is 2. The topological polar surface area (TPSA) is 95.8 Å². The molecule has 0 aliphatic heterocycles. The molecule has 7 nitrogen and oxygen atoms in total. The molecule has 0 bridgehead atoms. The molecule has 19 heavy (non-hydrogen) atoms. The molecular formula is C12H20N6O. The van der Waals surface area contributed by atoms with Gasteiger partial charge in [0, 0.05) is 6.04 Å². The van der Waals surface area contributed by atoms with Crippen LogP contribution in [0.15, 0.2) is 0 Å². The highest BCUT2D eigenvalue weighted by Gasteiger charge is 2.19. The summed E-state index contributed by atoms with van der Waals surface area (Å²) in [5.74, 6) is 0.734. The fourth-order valence-corrected chi connectivity index (χ4v) is 1.24. The van der Waals surface area contributed by atoms with Crippen LogP contribution in [0.3, 0.4) is 0 Å².